The third-order valence-electron chi connectivity index (χ3n) is 2.64. The molecule has 1 aromatic carbocycles. The van der Waals surface area contributed by atoms with Gasteiger partial charge >= 0.3 is 5.97 Å². The highest BCUT2D eigenvalue weighted by atomic mass is 16.6. The van der Waals surface area contributed by atoms with Gasteiger partial charge in [-0.1, -0.05) is 25.5 Å². The topological polar surface area (TPSA) is 92.5 Å². The van der Waals surface area contributed by atoms with E-state index in [1.165, 1.54) is 6.07 Å². The minimum absolute atomic E-state index is 0.0997. The minimum atomic E-state index is -1.01. The third-order valence-corrected chi connectivity index (χ3v) is 2.64. The first-order valence-electron chi connectivity index (χ1n) is 5.70. The fourth-order valence-electron chi connectivity index (χ4n) is 1.71. The van der Waals surface area contributed by atoms with Gasteiger partial charge in [-0.05, 0) is 18.9 Å². The summed E-state index contributed by atoms with van der Waals surface area (Å²) in [6, 6.07) is 3.84. The summed E-state index contributed by atoms with van der Waals surface area (Å²) in [5.41, 5.74) is 0.840. The molecule has 0 aliphatic heterocycles. The molecule has 1 aromatic rings. The molecule has 18 heavy (non-hydrogen) atoms. The standard InChI is InChI=1S/C12H16N2O4/c1-3-5-9(12(15)16)13-11-8(2)6-4-7-10(11)14(17)18/h4,6-7,9,13H,3,5H2,1-2H3,(H,15,16). The van der Waals surface area contributed by atoms with Crippen molar-refractivity contribution in [1.82, 2.24) is 0 Å². The van der Waals surface area contributed by atoms with Crippen molar-refractivity contribution in [3.05, 3.63) is 33.9 Å². The summed E-state index contributed by atoms with van der Waals surface area (Å²) >= 11 is 0. The summed E-state index contributed by atoms with van der Waals surface area (Å²) in [6.45, 7) is 3.57. The van der Waals surface area contributed by atoms with Crippen LogP contribution in [0.2, 0.25) is 0 Å². The Morgan fingerprint density at radius 2 is 2.22 bits per heavy atom. The number of hydrogen-bond acceptors (Lipinski definition) is 4. The number of carbonyl (C=O) groups is 1. The van der Waals surface area contributed by atoms with Gasteiger partial charge in [0, 0.05) is 6.07 Å². The number of carboxylic acid groups (broad SMARTS) is 1. The molecule has 0 heterocycles. The lowest BCUT2D eigenvalue weighted by Gasteiger charge is -2.16. The van der Waals surface area contributed by atoms with Crippen molar-refractivity contribution in [2.45, 2.75) is 32.7 Å². The first-order valence-corrected chi connectivity index (χ1v) is 5.70. The van der Waals surface area contributed by atoms with Crippen molar-refractivity contribution in [1.29, 1.82) is 0 Å². The van der Waals surface area contributed by atoms with E-state index in [9.17, 15) is 14.9 Å². The quantitative estimate of drug-likeness (QED) is 0.599. The van der Waals surface area contributed by atoms with Gasteiger partial charge in [0.05, 0.1) is 4.92 Å². The molecule has 98 valence electrons. The van der Waals surface area contributed by atoms with E-state index in [0.717, 1.165) is 0 Å². The molecule has 6 nitrogen and oxygen atoms in total. The average molecular weight is 252 g/mol. The third kappa shape index (κ3) is 3.19. The van der Waals surface area contributed by atoms with Crippen molar-refractivity contribution in [3.63, 3.8) is 0 Å². The Bertz CT molecular complexity index is 459. The summed E-state index contributed by atoms with van der Waals surface area (Å²) in [4.78, 5) is 21.4. The molecule has 6 heteroatoms. The summed E-state index contributed by atoms with van der Waals surface area (Å²) in [5.74, 6) is -1.01. The Balaban J connectivity index is 3.08. The van der Waals surface area contributed by atoms with Gasteiger partial charge in [0.25, 0.3) is 5.69 Å². The predicted octanol–water partition coefficient (Wildman–Crippen LogP) is 2.57. The molecular formula is C12H16N2O4. The SMILES string of the molecule is CCCC(Nc1c(C)cccc1[N+](=O)[O-])C(=O)O. The highest BCUT2D eigenvalue weighted by Crippen LogP contribution is 2.28. The van der Waals surface area contributed by atoms with Gasteiger partial charge in [-0.25, -0.2) is 4.79 Å². The molecule has 0 spiro atoms. The summed E-state index contributed by atoms with van der Waals surface area (Å²) in [5, 5.41) is 22.7. The number of rotatable bonds is 6. The fourth-order valence-corrected chi connectivity index (χ4v) is 1.71. The van der Waals surface area contributed by atoms with Gasteiger partial charge in [-0.15, -0.1) is 0 Å². The second-order valence-electron chi connectivity index (χ2n) is 4.05. The molecule has 0 saturated carbocycles. The zero-order chi connectivity index (χ0) is 13.7. The van der Waals surface area contributed by atoms with Crippen LogP contribution < -0.4 is 5.32 Å². The van der Waals surface area contributed by atoms with E-state index in [1.54, 1.807) is 19.1 Å². The maximum absolute atomic E-state index is 11.1. The van der Waals surface area contributed by atoms with Gasteiger partial charge in [-0.3, -0.25) is 10.1 Å². The number of nitro benzene ring substituents is 1. The van der Waals surface area contributed by atoms with Crippen LogP contribution >= 0.6 is 0 Å². The van der Waals surface area contributed by atoms with Crippen LogP contribution in [0.5, 0.6) is 0 Å². The van der Waals surface area contributed by atoms with E-state index in [0.29, 0.717) is 18.4 Å². The van der Waals surface area contributed by atoms with Crippen LogP contribution in [-0.4, -0.2) is 22.0 Å². The lowest BCUT2D eigenvalue weighted by molar-refractivity contribution is -0.384. The molecule has 0 saturated heterocycles. The average Bonchev–Trinajstić information content (AvgIpc) is 2.30. The maximum Gasteiger partial charge on any atom is 0.326 e. The molecule has 2 N–H and O–H groups in total. The van der Waals surface area contributed by atoms with E-state index < -0.39 is 16.9 Å². The molecule has 0 aliphatic rings. The number of anilines is 1. The molecule has 0 amide bonds. The van der Waals surface area contributed by atoms with Crippen molar-refractivity contribution >= 4 is 17.3 Å². The second kappa shape index (κ2) is 6.00. The van der Waals surface area contributed by atoms with Crippen molar-refractivity contribution in [3.8, 4) is 0 Å². The Labute approximate surface area is 105 Å². The lowest BCUT2D eigenvalue weighted by Crippen LogP contribution is -2.29. The van der Waals surface area contributed by atoms with Crippen LogP contribution in [0.15, 0.2) is 18.2 Å². The smallest absolute Gasteiger partial charge is 0.326 e. The molecule has 1 atom stereocenters. The number of aryl methyl sites for hydroxylation is 1. The van der Waals surface area contributed by atoms with Gasteiger partial charge in [0.15, 0.2) is 0 Å². The van der Waals surface area contributed by atoms with Crippen molar-refractivity contribution < 1.29 is 14.8 Å². The number of hydrogen-bond donors (Lipinski definition) is 2. The first kappa shape index (κ1) is 14.0. The number of carboxylic acids is 1. The number of para-hydroxylation sites is 1. The first-order chi connectivity index (χ1) is 8.47. The van der Waals surface area contributed by atoms with Gasteiger partial charge in [0.2, 0.25) is 0 Å². The van der Waals surface area contributed by atoms with Crippen molar-refractivity contribution in [2.75, 3.05) is 5.32 Å². The number of nitrogens with zero attached hydrogens (tertiary/aromatic N) is 1. The van der Waals surface area contributed by atoms with Crippen LogP contribution in [0.25, 0.3) is 0 Å². The molecule has 0 fully saturated rings. The number of nitrogens with one attached hydrogen (secondary N) is 1. The minimum Gasteiger partial charge on any atom is -0.480 e. The van der Waals surface area contributed by atoms with E-state index in [-0.39, 0.29) is 11.4 Å². The maximum atomic E-state index is 11.1. The summed E-state index contributed by atoms with van der Waals surface area (Å²) < 4.78 is 0. The number of benzene rings is 1. The highest BCUT2D eigenvalue weighted by molar-refractivity contribution is 5.79. The molecule has 0 aliphatic carbocycles. The molecule has 0 radical (unpaired) electrons. The molecular weight excluding hydrogens is 236 g/mol. The fraction of sp³-hybridized carbons (Fsp3) is 0.417. The molecule has 1 rings (SSSR count). The Kier molecular flexibility index (Phi) is 4.65. The highest BCUT2D eigenvalue weighted by Gasteiger charge is 2.22. The Morgan fingerprint density at radius 1 is 1.56 bits per heavy atom. The number of aliphatic carboxylic acids is 1. The van der Waals surface area contributed by atoms with Gasteiger partial charge in [0.1, 0.15) is 11.7 Å². The molecule has 1 unspecified atom stereocenters. The van der Waals surface area contributed by atoms with Crippen molar-refractivity contribution in [2.24, 2.45) is 0 Å². The molecule has 0 bridgehead atoms. The predicted molar refractivity (Wildman–Crippen MR) is 67.8 cm³/mol. The van der Waals surface area contributed by atoms with E-state index in [1.807, 2.05) is 6.92 Å². The molecule has 0 aromatic heterocycles. The van der Waals surface area contributed by atoms with E-state index in [2.05, 4.69) is 5.32 Å². The normalized spacial score (nSPS) is 11.9. The van der Waals surface area contributed by atoms with Crippen LogP contribution in [-0.2, 0) is 4.79 Å². The lowest BCUT2D eigenvalue weighted by atomic mass is 10.1. The van der Waals surface area contributed by atoms with Crippen LogP contribution in [0.1, 0.15) is 25.3 Å². The van der Waals surface area contributed by atoms with Gasteiger partial charge in [-0.2, -0.15) is 0 Å². The Morgan fingerprint density at radius 3 is 2.72 bits per heavy atom. The van der Waals surface area contributed by atoms with Crippen LogP contribution in [0, 0.1) is 17.0 Å². The van der Waals surface area contributed by atoms with Crippen LogP contribution in [0.3, 0.4) is 0 Å². The van der Waals surface area contributed by atoms with Gasteiger partial charge < -0.3 is 10.4 Å². The monoisotopic (exact) mass is 252 g/mol. The largest absolute Gasteiger partial charge is 0.480 e. The van der Waals surface area contributed by atoms with E-state index in [4.69, 9.17) is 5.11 Å². The zero-order valence-electron chi connectivity index (χ0n) is 10.3. The summed E-state index contributed by atoms with van der Waals surface area (Å²) in [7, 11) is 0. The zero-order valence-corrected chi connectivity index (χ0v) is 10.3. The second-order valence-corrected chi connectivity index (χ2v) is 4.05. The Hall–Kier alpha value is -2.11. The summed E-state index contributed by atoms with van der Waals surface area (Å²) in [6.07, 6.45) is 1.10. The number of nitro groups is 1. The van der Waals surface area contributed by atoms with Crippen LogP contribution in [0.4, 0.5) is 11.4 Å². The van der Waals surface area contributed by atoms with E-state index >= 15 is 0 Å².